The van der Waals surface area contributed by atoms with Crippen molar-refractivity contribution in [3.05, 3.63) is 59.7 Å². The van der Waals surface area contributed by atoms with Gasteiger partial charge in [0.05, 0.1) is 6.42 Å². The third-order valence-electron chi connectivity index (χ3n) is 3.61. The van der Waals surface area contributed by atoms with E-state index in [9.17, 15) is 9.59 Å². The molecule has 0 atom stereocenters. The fourth-order valence-electron chi connectivity index (χ4n) is 2.19. The Morgan fingerprint density at radius 3 is 2.12 bits per heavy atom. The summed E-state index contributed by atoms with van der Waals surface area (Å²) in [6.45, 7) is 0. The van der Waals surface area contributed by atoms with Crippen LogP contribution >= 0.6 is 0 Å². The van der Waals surface area contributed by atoms with Crippen molar-refractivity contribution < 1.29 is 9.59 Å². The van der Waals surface area contributed by atoms with Crippen LogP contribution in [-0.4, -0.2) is 49.8 Å². The Morgan fingerprint density at radius 2 is 1.54 bits per heavy atom. The first-order valence-electron chi connectivity index (χ1n) is 7.74. The van der Waals surface area contributed by atoms with Gasteiger partial charge in [0.1, 0.15) is 0 Å². The third-order valence-corrected chi connectivity index (χ3v) is 3.61. The van der Waals surface area contributed by atoms with Crippen LogP contribution in [0.3, 0.4) is 0 Å². The lowest BCUT2D eigenvalue weighted by Gasteiger charge is -2.13. The van der Waals surface area contributed by atoms with Gasteiger partial charge in [-0.3, -0.25) is 9.59 Å². The zero-order valence-electron chi connectivity index (χ0n) is 14.5. The first-order valence-corrected chi connectivity index (χ1v) is 7.74. The second-order valence-electron chi connectivity index (χ2n) is 6.07. The molecule has 2 rings (SSSR count). The Labute approximate surface area is 142 Å². The number of carbonyl (C=O) groups is 2. The number of anilines is 2. The van der Waals surface area contributed by atoms with Crippen LogP contribution in [0.15, 0.2) is 48.5 Å². The summed E-state index contributed by atoms with van der Waals surface area (Å²) in [5, 5.41) is 3.28. The van der Waals surface area contributed by atoms with Gasteiger partial charge in [0.25, 0.3) is 5.91 Å². The molecule has 0 aliphatic rings. The number of carbonyl (C=O) groups excluding carboxylic acids is 2. The normalized spacial score (nSPS) is 10.2. The summed E-state index contributed by atoms with van der Waals surface area (Å²) in [4.78, 5) is 26.9. The van der Waals surface area contributed by atoms with E-state index in [1.807, 2.05) is 42.5 Å². The first-order chi connectivity index (χ1) is 11.4. The van der Waals surface area contributed by atoms with Gasteiger partial charge < -0.3 is 15.1 Å². The highest BCUT2D eigenvalue weighted by molar-refractivity contribution is 5.95. The van der Waals surface area contributed by atoms with Gasteiger partial charge in [-0.2, -0.15) is 0 Å². The summed E-state index contributed by atoms with van der Waals surface area (Å²) in [6, 6.07) is 15.1. The Hall–Kier alpha value is -2.82. The minimum atomic E-state index is -0.0313. The zero-order valence-corrected chi connectivity index (χ0v) is 14.5. The SMILES string of the molecule is CN(C)C(=O)Cc1ccc(Nc2cccc(C(=O)N(C)C)c2)cc1. The van der Waals surface area contributed by atoms with Crippen LogP contribution in [0.4, 0.5) is 11.4 Å². The summed E-state index contributed by atoms with van der Waals surface area (Å²) in [7, 11) is 6.97. The second-order valence-corrected chi connectivity index (χ2v) is 6.07. The van der Waals surface area contributed by atoms with Crippen molar-refractivity contribution in [3.8, 4) is 0 Å². The number of likely N-dealkylation sites (N-methyl/N-ethyl adjacent to an activating group) is 1. The van der Waals surface area contributed by atoms with Crippen molar-refractivity contribution in [3.63, 3.8) is 0 Å². The zero-order chi connectivity index (χ0) is 17.7. The number of benzene rings is 2. The lowest BCUT2D eigenvalue weighted by Crippen LogP contribution is -2.23. The molecule has 2 aromatic rings. The molecule has 0 saturated heterocycles. The van der Waals surface area contributed by atoms with Crippen LogP contribution < -0.4 is 5.32 Å². The van der Waals surface area contributed by atoms with Crippen molar-refractivity contribution in [1.29, 1.82) is 0 Å². The standard InChI is InChI=1S/C19H23N3O2/c1-21(2)18(23)12-14-8-10-16(11-9-14)20-17-7-5-6-15(13-17)19(24)22(3)4/h5-11,13,20H,12H2,1-4H3. The maximum Gasteiger partial charge on any atom is 0.253 e. The molecule has 5 heteroatoms. The van der Waals surface area contributed by atoms with E-state index in [-0.39, 0.29) is 11.8 Å². The molecule has 0 unspecified atom stereocenters. The van der Waals surface area contributed by atoms with Crippen molar-refractivity contribution in [2.24, 2.45) is 0 Å². The molecule has 2 amide bonds. The lowest BCUT2D eigenvalue weighted by atomic mass is 10.1. The number of nitrogens with zero attached hydrogens (tertiary/aromatic N) is 2. The van der Waals surface area contributed by atoms with Gasteiger partial charge >= 0.3 is 0 Å². The van der Waals surface area contributed by atoms with Crippen LogP contribution in [0.1, 0.15) is 15.9 Å². The summed E-state index contributed by atoms with van der Waals surface area (Å²) >= 11 is 0. The van der Waals surface area contributed by atoms with Crippen LogP contribution in [0, 0.1) is 0 Å². The summed E-state index contributed by atoms with van der Waals surface area (Å²) in [5.74, 6) is 0.0433. The number of rotatable bonds is 5. The topological polar surface area (TPSA) is 52.7 Å². The van der Waals surface area contributed by atoms with E-state index in [0.29, 0.717) is 12.0 Å². The Balaban J connectivity index is 2.07. The van der Waals surface area contributed by atoms with E-state index < -0.39 is 0 Å². The molecule has 0 saturated carbocycles. The van der Waals surface area contributed by atoms with Gasteiger partial charge in [-0.15, -0.1) is 0 Å². The molecule has 126 valence electrons. The van der Waals surface area contributed by atoms with E-state index in [4.69, 9.17) is 0 Å². The van der Waals surface area contributed by atoms with E-state index in [1.54, 1.807) is 44.1 Å². The molecular formula is C19H23N3O2. The maximum atomic E-state index is 12.0. The first kappa shape index (κ1) is 17.5. The van der Waals surface area contributed by atoms with E-state index in [0.717, 1.165) is 16.9 Å². The Morgan fingerprint density at radius 1 is 0.875 bits per heavy atom. The minimum Gasteiger partial charge on any atom is -0.356 e. The Kier molecular flexibility index (Phi) is 5.58. The van der Waals surface area contributed by atoms with Crippen LogP contribution in [0.2, 0.25) is 0 Å². The fourth-order valence-corrected chi connectivity index (χ4v) is 2.19. The van der Waals surface area contributed by atoms with Gasteiger partial charge in [-0.05, 0) is 35.9 Å². The summed E-state index contributed by atoms with van der Waals surface area (Å²) in [5.41, 5.74) is 3.36. The number of hydrogen-bond donors (Lipinski definition) is 1. The molecular weight excluding hydrogens is 302 g/mol. The van der Waals surface area contributed by atoms with E-state index in [1.165, 1.54) is 0 Å². The third kappa shape index (κ3) is 4.59. The molecule has 0 spiro atoms. The quantitative estimate of drug-likeness (QED) is 0.920. The number of hydrogen-bond acceptors (Lipinski definition) is 3. The highest BCUT2D eigenvalue weighted by Gasteiger charge is 2.08. The van der Waals surface area contributed by atoms with Gasteiger partial charge in [-0.1, -0.05) is 18.2 Å². The number of amides is 2. The molecule has 0 bridgehead atoms. The van der Waals surface area contributed by atoms with Crippen molar-refractivity contribution in [1.82, 2.24) is 9.80 Å². The molecule has 0 aromatic heterocycles. The van der Waals surface area contributed by atoms with Gasteiger partial charge in [-0.25, -0.2) is 0 Å². The molecule has 24 heavy (non-hydrogen) atoms. The average molecular weight is 325 g/mol. The predicted molar refractivity (Wildman–Crippen MR) is 96.6 cm³/mol. The molecule has 0 aliphatic heterocycles. The molecule has 0 aliphatic carbocycles. The van der Waals surface area contributed by atoms with Crippen LogP contribution in [0.5, 0.6) is 0 Å². The van der Waals surface area contributed by atoms with E-state index >= 15 is 0 Å². The average Bonchev–Trinajstić information content (AvgIpc) is 2.56. The van der Waals surface area contributed by atoms with Crippen molar-refractivity contribution in [2.75, 3.05) is 33.5 Å². The number of nitrogens with one attached hydrogen (secondary N) is 1. The molecule has 0 radical (unpaired) electrons. The van der Waals surface area contributed by atoms with Crippen LogP contribution in [0.25, 0.3) is 0 Å². The van der Waals surface area contributed by atoms with Crippen molar-refractivity contribution >= 4 is 23.2 Å². The lowest BCUT2D eigenvalue weighted by molar-refractivity contribution is -0.127. The highest BCUT2D eigenvalue weighted by Crippen LogP contribution is 2.19. The van der Waals surface area contributed by atoms with Crippen LogP contribution in [-0.2, 0) is 11.2 Å². The van der Waals surface area contributed by atoms with E-state index in [2.05, 4.69) is 5.32 Å². The molecule has 1 N–H and O–H groups in total. The molecule has 0 heterocycles. The van der Waals surface area contributed by atoms with Gasteiger partial charge in [0, 0.05) is 45.1 Å². The predicted octanol–water partition coefficient (Wildman–Crippen LogP) is 2.76. The second kappa shape index (κ2) is 7.64. The summed E-state index contributed by atoms with van der Waals surface area (Å²) in [6.07, 6.45) is 0.389. The Bertz CT molecular complexity index is 722. The van der Waals surface area contributed by atoms with Gasteiger partial charge in [0.2, 0.25) is 5.91 Å². The highest BCUT2D eigenvalue weighted by atomic mass is 16.2. The van der Waals surface area contributed by atoms with Gasteiger partial charge in [0.15, 0.2) is 0 Å². The monoisotopic (exact) mass is 325 g/mol. The molecule has 5 nitrogen and oxygen atoms in total. The summed E-state index contributed by atoms with van der Waals surface area (Å²) < 4.78 is 0. The maximum absolute atomic E-state index is 12.0. The smallest absolute Gasteiger partial charge is 0.253 e. The van der Waals surface area contributed by atoms with Crippen molar-refractivity contribution in [2.45, 2.75) is 6.42 Å². The molecule has 2 aromatic carbocycles. The minimum absolute atomic E-state index is 0.0313. The molecule has 0 fully saturated rings. The fraction of sp³-hybridized carbons (Fsp3) is 0.263. The largest absolute Gasteiger partial charge is 0.356 e.